The zero-order valence-corrected chi connectivity index (χ0v) is 18.6. The lowest BCUT2D eigenvalue weighted by atomic mass is 10.0. The van der Waals surface area contributed by atoms with Gasteiger partial charge in [-0.05, 0) is 43.5 Å². The first-order valence-electron chi connectivity index (χ1n) is 10.3. The van der Waals surface area contributed by atoms with Crippen LogP contribution in [0.5, 0.6) is 0 Å². The summed E-state index contributed by atoms with van der Waals surface area (Å²) in [6.45, 7) is 2.12. The average molecular weight is 459 g/mol. The van der Waals surface area contributed by atoms with Crippen LogP contribution in [0, 0.1) is 0 Å². The highest BCUT2D eigenvalue weighted by Crippen LogP contribution is 2.26. The molecule has 0 saturated heterocycles. The van der Waals surface area contributed by atoms with Gasteiger partial charge in [-0.25, -0.2) is 13.1 Å². The molecule has 0 saturated carbocycles. The number of nitrogens with zero attached hydrogens (tertiary/aromatic N) is 1. The lowest BCUT2D eigenvalue weighted by Crippen LogP contribution is -2.47. The molecule has 1 heterocycles. The molecule has 3 rings (SSSR count). The predicted molar refractivity (Wildman–Crippen MR) is 120 cm³/mol. The number of benzene rings is 2. The van der Waals surface area contributed by atoms with Gasteiger partial charge in [0.1, 0.15) is 0 Å². The number of carbonyl (C=O) groups excluding carboxylic acids is 3. The van der Waals surface area contributed by atoms with E-state index in [1.165, 1.54) is 36.8 Å². The SMILES string of the molecule is CC(=O)c1ccc(S(=O)(=O)NCCC(=O)NNC(=O)CN2CCCc3ccccc32)cc1. The summed E-state index contributed by atoms with van der Waals surface area (Å²) in [7, 11) is -3.81. The molecule has 32 heavy (non-hydrogen) atoms. The van der Waals surface area contributed by atoms with Crippen molar-refractivity contribution in [1.82, 2.24) is 15.6 Å². The third-order valence-corrected chi connectivity index (χ3v) is 6.57. The minimum absolute atomic E-state index is 0.00183. The molecule has 0 spiro atoms. The first kappa shape index (κ1) is 23.4. The smallest absolute Gasteiger partial charge is 0.257 e. The number of rotatable bonds is 8. The summed E-state index contributed by atoms with van der Waals surface area (Å²) in [6, 6.07) is 13.4. The molecule has 1 aliphatic rings. The number of hydrogen-bond acceptors (Lipinski definition) is 6. The van der Waals surface area contributed by atoms with Crippen molar-refractivity contribution in [2.45, 2.75) is 31.1 Å². The van der Waals surface area contributed by atoms with E-state index >= 15 is 0 Å². The number of anilines is 1. The van der Waals surface area contributed by atoms with Gasteiger partial charge in [-0.2, -0.15) is 0 Å². The highest BCUT2D eigenvalue weighted by atomic mass is 32.2. The van der Waals surface area contributed by atoms with Crippen LogP contribution in [0.25, 0.3) is 0 Å². The van der Waals surface area contributed by atoms with Gasteiger partial charge < -0.3 is 4.90 Å². The molecule has 10 heteroatoms. The maximum atomic E-state index is 12.3. The minimum Gasteiger partial charge on any atom is -0.362 e. The van der Waals surface area contributed by atoms with Crippen molar-refractivity contribution in [3.8, 4) is 0 Å². The zero-order chi connectivity index (χ0) is 23.1. The van der Waals surface area contributed by atoms with Crippen LogP contribution in [0.15, 0.2) is 53.4 Å². The molecule has 170 valence electrons. The number of Topliss-reactive ketones (excluding diaryl/α,β-unsaturated/α-hetero) is 1. The summed E-state index contributed by atoms with van der Waals surface area (Å²) in [5.41, 5.74) is 7.29. The van der Waals surface area contributed by atoms with Crippen molar-refractivity contribution >= 4 is 33.3 Å². The average Bonchev–Trinajstić information content (AvgIpc) is 2.78. The Morgan fingerprint density at radius 3 is 2.38 bits per heavy atom. The molecule has 0 aromatic heterocycles. The number of fused-ring (bicyclic) bond motifs is 1. The molecule has 2 aromatic rings. The molecule has 0 radical (unpaired) electrons. The topological polar surface area (TPSA) is 125 Å². The summed E-state index contributed by atoms with van der Waals surface area (Å²) in [4.78, 5) is 37.4. The maximum Gasteiger partial charge on any atom is 0.257 e. The predicted octanol–water partition coefficient (Wildman–Crippen LogP) is 1.16. The van der Waals surface area contributed by atoms with Crippen LogP contribution in [-0.4, -0.2) is 45.6 Å². The Bertz CT molecular complexity index is 1100. The van der Waals surface area contributed by atoms with Crippen molar-refractivity contribution in [3.05, 3.63) is 59.7 Å². The molecule has 0 bridgehead atoms. The van der Waals surface area contributed by atoms with Crippen molar-refractivity contribution in [3.63, 3.8) is 0 Å². The molecule has 0 unspecified atom stereocenters. The summed E-state index contributed by atoms with van der Waals surface area (Å²) in [5, 5.41) is 0. The van der Waals surface area contributed by atoms with Crippen LogP contribution in [0.3, 0.4) is 0 Å². The van der Waals surface area contributed by atoms with E-state index in [2.05, 4.69) is 15.6 Å². The Hall–Kier alpha value is -3.24. The molecule has 0 aliphatic carbocycles. The first-order valence-corrected chi connectivity index (χ1v) is 11.8. The van der Waals surface area contributed by atoms with Crippen LogP contribution in [0.1, 0.15) is 35.7 Å². The number of amides is 2. The number of nitrogens with one attached hydrogen (secondary N) is 3. The maximum absolute atomic E-state index is 12.3. The van der Waals surface area contributed by atoms with E-state index in [0.29, 0.717) is 5.56 Å². The van der Waals surface area contributed by atoms with E-state index in [9.17, 15) is 22.8 Å². The summed E-state index contributed by atoms with van der Waals surface area (Å²) in [5.74, 6) is -1.04. The molecule has 1 aliphatic heterocycles. The Balaban J connectivity index is 1.41. The lowest BCUT2D eigenvalue weighted by molar-refractivity contribution is -0.128. The van der Waals surface area contributed by atoms with Crippen molar-refractivity contribution in [1.29, 1.82) is 0 Å². The highest BCUT2D eigenvalue weighted by molar-refractivity contribution is 7.89. The van der Waals surface area contributed by atoms with E-state index in [0.717, 1.165) is 25.1 Å². The van der Waals surface area contributed by atoms with E-state index in [1.807, 2.05) is 29.2 Å². The fourth-order valence-corrected chi connectivity index (χ4v) is 4.47. The second-order valence-electron chi connectivity index (χ2n) is 7.48. The van der Waals surface area contributed by atoms with Gasteiger partial charge >= 0.3 is 0 Å². The molecule has 2 amide bonds. The molecular weight excluding hydrogens is 432 g/mol. The first-order chi connectivity index (χ1) is 15.3. The Labute approximate surface area is 187 Å². The molecule has 0 atom stereocenters. The highest BCUT2D eigenvalue weighted by Gasteiger charge is 2.19. The number of hydrogen-bond donors (Lipinski definition) is 3. The van der Waals surface area contributed by atoms with Crippen LogP contribution < -0.4 is 20.5 Å². The van der Waals surface area contributed by atoms with Gasteiger partial charge in [0.25, 0.3) is 5.91 Å². The molecular formula is C22H26N4O5S. The Morgan fingerprint density at radius 1 is 0.969 bits per heavy atom. The largest absolute Gasteiger partial charge is 0.362 e. The van der Waals surface area contributed by atoms with E-state index < -0.39 is 15.9 Å². The lowest BCUT2D eigenvalue weighted by Gasteiger charge is -2.30. The second kappa shape index (κ2) is 10.4. The van der Waals surface area contributed by atoms with Gasteiger partial charge in [0.05, 0.1) is 11.4 Å². The van der Waals surface area contributed by atoms with Crippen molar-refractivity contribution in [2.75, 3.05) is 24.5 Å². The van der Waals surface area contributed by atoms with Gasteiger partial charge in [0.15, 0.2) is 5.78 Å². The van der Waals surface area contributed by atoms with Crippen molar-refractivity contribution < 1.29 is 22.8 Å². The van der Waals surface area contributed by atoms with E-state index in [-0.39, 0.29) is 36.1 Å². The monoisotopic (exact) mass is 458 g/mol. The van der Waals surface area contributed by atoms with E-state index in [1.54, 1.807) is 0 Å². The third-order valence-electron chi connectivity index (χ3n) is 5.10. The van der Waals surface area contributed by atoms with Gasteiger partial charge in [-0.15, -0.1) is 0 Å². The fourth-order valence-electron chi connectivity index (χ4n) is 3.44. The summed E-state index contributed by atoms with van der Waals surface area (Å²) < 4.78 is 26.9. The quantitative estimate of drug-likeness (QED) is 0.403. The molecule has 2 aromatic carbocycles. The second-order valence-corrected chi connectivity index (χ2v) is 9.25. The fraction of sp³-hybridized carbons (Fsp3) is 0.318. The molecule has 3 N–H and O–H groups in total. The normalized spacial score (nSPS) is 13.2. The number of carbonyl (C=O) groups is 3. The number of sulfonamides is 1. The minimum atomic E-state index is -3.81. The molecule has 0 fully saturated rings. The van der Waals surface area contributed by atoms with Crippen LogP contribution >= 0.6 is 0 Å². The van der Waals surface area contributed by atoms with Crippen LogP contribution in [0.2, 0.25) is 0 Å². The zero-order valence-electron chi connectivity index (χ0n) is 17.8. The van der Waals surface area contributed by atoms with Gasteiger partial charge in [0, 0.05) is 30.8 Å². The number of ketones is 1. The number of hydrazine groups is 1. The molecule has 9 nitrogen and oxygen atoms in total. The number of para-hydroxylation sites is 1. The Kier molecular flexibility index (Phi) is 7.60. The van der Waals surface area contributed by atoms with Gasteiger partial charge in [0.2, 0.25) is 15.9 Å². The Morgan fingerprint density at radius 2 is 1.66 bits per heavy atom. The third kappa shape index (κ3) is 6.14. The van der Waals surface area contributed by atoms with Crippen LogP contribution in [-0.2, 0) is 26.0 Å². The van der Waals surface area contributed by atoms with Gasteiger partial charge in [-0.1, -0.05) is 30.3 Å². The summed E-state index contributed by atoms with van der Waals surface area (Å²) >= 11 is 0. The van der Waals surface area contributed by atoms with Crippen LogP contribution in [0.4, 0.5) is 5.69 Å². The number of aryl methyl sites for hydroxylation is 1. The standard InChI is InChI=1S/C22H26N4O5S/c1-16(27)17-8-10-19(11-9-17)32(30,31)23-13-12-21(28)24-25-22(29)15-26-14-4-6-18-5-2-3-7-20(18)26/h2-3,5,7-11,23H,4,6,12-15H2,1H3,(H,24,28)(H,25,29). The van der Waals surface area contributed by atoms with E-state index in [4.69, 9.17) is 0 Å². The van der Waals surface area contributed by atoms with Crippen molar-refractivity contribution in [2.24, 2.45) is 0 Å². The van der Waals surface area contributed by atoms with Gasteiger partial charge in [-0.3, -0.25) is 25.2 Å². The summed E-state index contributed by atoms with van der Waals surface area (Å²) in [6.07, 6.45) is 1.77.